The van der Waals surface area contributed by atoms with Crippen molar-refractivity contribution in [2.45, 2.75) is 37.8 Å². The molecule has 0 radical (unpaired) electrons. The van der Waals surface area contributed by atoms with E-state index < -0.39 is 5.60 Å². The molecule has 2 rings (SSSR count). The van der Waals surface area contributed by atoms with E-state index in [0.717, 1.165) is 18.4 Å². The summed E-state index contributed by atoms with van der Waals surface area (Å²) in [4.78, 5) is 11.7. The highest BCUT2D eigenvalue weighted by Gasteiger charge is 2.34. The van der Waals surface area contributed by atoms with Gasteiger partial charge in [-0.2, -0.15) is 0 Å². The van der Waals surface area contributed by atoms with Crippen LogP contribution in [0.1, 0.15) is 30.9 Å². The number of hydrogen-bond acceptors (Lipinski definition) is 2. The summed E-state index contributed by atoms with van der Waals surface area (Å²) in [6.45, 7) is 5.68. The van der Waals surface area contributed by atoms with Gasteiger partial charge in [-0.15, -0.1) is 6.58 Å². The molecule has 1 aromatic carbocycles. The first kappa shape index (κ1) is 14.6. The average Bonchev–Trinajstić information content (AvgIpc) is 2.46. The molecule has 0 fully saturated rings. The fourth-order valence-electron chi connectivity index (χ4n) is 2.63. The van der Waals surface area contributed by atoms with Crippen molar-refractivity contribution in [2.75, 3.05) is 6.54 Å². The third-order valence-corrected chi connectivity index (χ3v) is 3.81. The lowest BCUT2D eigenvalue weighted by atomic mass is 9.79. The minimum Gasteiger partial charge on any atom is -0.383 e. The minimum atomic E-state index is -0.969. The van der Waals surface area contributed by atoms with Crippen molar-refractivity contribution >= 4 is 6.03 Å². The Morgan fingerprint density at radius 3 is 3.05 bits per heavy atom. The van der Waals surface area contributed by atoms with Gasteiger partial charge in [-0.3, -0.25) is 0 Å². The van der Waals surface area contributed by atoms with Gasteiger partial charge in [0.2, 0.25) is 0 Å². The Morgan fingerprint density at radius 2 is 2.30 bits per heavy atom. The second-order valence-corrected chi connectivity index (χ2v) is 5.39. The zero-order valence-corrected chi connectivity index (χ0v) is 11.9. The predicted octanol–water partition coefficient (Wildman–Crippen LogP) is 2.08. The fraction of sp³-hybridized carbons (Fsp3) is 0.438. The number of carbonyl (C=O) groups excluding carboxylic acids is 1. The van der Waals surface area contributed by atoms with Gasteiger partial charge in [0.15, 0.2) is 0 Å². The van der Waals surface area contributed by atoms with Gasteiger partial charge in [-0.05, 0) is 37.3 Å². The van der Waals surface area contributed by atoms with Crippen molar-refractivity contribution in [2.24, 2.45) is 0 Å². The average molecular weight is 274 g/mol. The van der Waals surface area contributed by atoms with E-state index >= 15 is 0 Å². The summed E-state index contributed by atoms with van der Waals surface area (Å²) in [5.41, 5.74) is 1.13. The molecule has 0 saturated carbocycles. The monoisotopic (exact) mass is 274 g/mol. The Labute approximate surface area is 119 Å². The number of fused-ring (bicyclic) bond motifs is 1. The van der Waals surface area contributed by atoms with Crippen molar-refractivity contribution in [3.8, 4) is 0 Å². The smallest absolute Gasteiger partial charge is 0.315 e. The van der Waals surface area contributed by atoms with Gasteiger partial charge in [0, 0.05) is 6.04 Å². The van der Waals surface area contributed by atoms with Gasteiger partial charge in [0.1, 0.15) is 5.60 Å². The molecule has 1 aliphatic carbocycles. The summed E-state index contributed by atoms with van der Waals surface area (Å²) in [5, 5.41) is 16.3. The third-order valence-electron chi connectivity index (χ3n) is 3.81. The zero-order chi connectivity index (χ0) is 14.6. The summed E-state index contributed by atoms with van der Waals surface area (Å²) in [6.07, 6.45) is 4.24. The van der Waals surface area contributed by atoms with Crippen LogP contribution in [-0.4, -0.2) is 23.7 Å². The van der Waals surface area contributed by atoms with Crippen LogP contribution in [0.3, 0.4) is 0 Å². The van der Waals surface area contributed by atoms with Crippen LogP contribution in [0.4, 0.5) is 4.79 Å². The number of benzene rings is 1. The van der Waals surface area contributed by atoms with Crippen molar-refractivity contribution in [3.63, 3.8) is 0 Å². The molecular formula is C16H22N2O2. The highest BCUT2D eigenvalue weighted by Crippen LogP contribution is 2.34. The molecule has 2 atom stereocenters. The molecule has 0 bridgehead atoms. The predicted molar refractivity (Wildman–Crippen MR) is 79.5 cm³/mol. The van der Waals surface area contributed by atoms with E-state index in [1.165, 1.54) is 5.56 Å². The van der Waals surface area contributed by atoms with E-state index in [-0.39, 0.29) is 18.6 Å². The van der Waals surface area contributed by atoms with Crippen molar-refractivity contribution in [3.05, 3.63) is 48.0 Å². The number of aryl methyl sites for hydroxylation is 1. The van der Waals surface area contributed by atoms with Crippen LogP contribution in [0.15, 0.2) is 36.9 Å². The molecule has 108 valence electrons. The Balaban J connectivity index is 2.02. The summed E-state index contributed by atoms with van der Waals surface area (Å²) < 4.78 is 0. The number of aliphatic hydroxyl groups is 1. The normalized spacial score (nSPS) is 22.5. The van der Waals surface area contributed by atoms with Crippen molar-refractivity contribution < 1.29 is 9.90 Å². The molecule has 3 N–H and O–H groups in total. The molecule has 0 aliphatic heterocycles. The summed E-state index contributed by atoms with van der Waals surface area (Å²) in [7, 11) is 0. The number of nitrogens with one attached hydrogen (secondary N) is 2. The zero-order valence-electron chi connectivity index (χ0n) is 11.9. The summed E-state index contributed by atoms with van der Waals surface area (Å²) >= 11 is 0. The standard InChI is InChI=1S/C16H22N2O2/c1-3-12(2)18-15(19)17-11-16(20)10-6-8-13-7-4-5-9-14(13)16/h3-5,7,9,12,20H,1,6,8,10-11H2,2H3,(H2,17,18,19). The van der Waals surface area contributed by atoms with Crippen LogP contribution in [-0.2, 0) is 12.0 Å². The van der Waals surface area contributed by atoms with E-state index in [4.69, 9.17) is 0 Å². The van der Waals surface area contributed by atoms with E-state index in [1.54, 1.807) is 6.08 Å². The second-order valence-electron chi connectivity index (χ2n) is 5.39. The Bertz CT molecular complexity index is 501. The molecule has 0 aromatic heterocycles. The second kappa shape index (κ2) is 6.09. The molecule has 1 aromatic rings. The molecule has 0 heterocycles. The summed E-state index contributed by atoms with van der Waals surface area (Å²) in [5.74, 6) is 0. The number of carbonyl (C=O) groups is 1. The molecular weight excluding hydrogens is 252 g/mol. The molecule has 1 aliphatic rings. The number of hydrogen-bond donors (Lipinski definition) is 3. The lowest BCUT2D eigenvalue weighted by Gasteiger charge is -2.34. The molecule has 2 amide bonds. The largest absolute Gasteiger partial charge is 0.383 e. The molecule has 0 spiro atoms. The highest BCUT2D eigenvalue weighted by molar-refractivity contribution is 5.74. The van der Waals surface area contributed by atoms with Crippen molar-refractivity contribution in [1.29, 1.82) is 0 Å². The Hall–Kier alpha value is -1.81. The molecule has 4 heteroatoms. The SMILES string of the molecule is C=CC(C)NC(=O)NCC1(O)CCCc2ccccc21. The highest BCUT2D eigenvalue weighted by atomic mass is 16.3. The van der Waals surface area contributed by atoms with Crippen LogP contribution in [0.2, 0.25) is 0 Å². The fourth-order valence-corrected chi connectivity index (χ4v) is 2.63. The van der Waals surface area contributed by atoms with E-state index in [9.17, 15) is 9.90 Å². The maximum absolute atomic E-state index is 11.7. The number of urea groups is 1. The van der Waals surface area contributed by atoms with Gasteiger partial charge in [0.25, 0.3) is 0 Å². The van der Waals surface area contributed by atoms with Crippen LogP contribution in [0, 0.1) is 0 Å². The van der Waals surface area contributed by atoms with Gasteiger partial charge in [-0.25, -0.2) is 4.79 Å². The van der Waals surface area contributed by atoms with E-state index in [0.29, 0.717) is 6.42 Å². The van der Waals surface area contributed by atoms with Crippen molar-refractivity contribution in [1.82, 2.24) is 10.6 Å². The van der Waals surface area contributed by atoms with Crippen LogP contribution in [0.5, 0.6) is 0 Å². The molecule has 2 unspecified atom stereocenters. The maximum atomic E-state index is 11.7. The van der Waals surface area contributed by atoms with E-state index in [2.05, 4.69) is 17.2 Å². The first-order valence-electron chi connectivity index (χ1n) is 7.03. The lowest BCUT2D eigenvalue weighted by Crippen LogP contribution is -2.47. The maximum Gasteiger partial charge on any atom is 0.315 e. The topological polar surface area (TPSA) is 61.4 Å². The van der Waals surface area contributed by atoms with Gasteiger partial charge in [0.05, 0.1) is 6.54 Å². The van der Waals surface area contributed by atoms with Gasteiger partial charge in [-0.1, -0.05) is 30.3 Å². The lowest BCUT2D eigenvalue weighted by molar-refractivity contribution is 0.0216. The van der Waals surface area contributed by atoms with E-state index in [1.807, 2.05) is 31.2 Å². The van der Waals surface area contributed by atoms with Crippen LogP contribution in [0.25, 0.3) is 0 Å². The van der Waals surface area contributed by atoms with Gasteiger partial charge >= 0.3 is 6.03 Å². The number of amides is 2. The van der Waals surface area contributed by atoms with Gasteiger partial charge < -0.3 is 15.7 Å². The third kappa shape index (κ3) is 3.20. The molecule has 4 nitrogen and oxygen atoms in total. The first-order valence-corrected chi connectivity index (χ1v) is 7.03. The van der Waals surface area contributed by atoms with Crippen LogP contribution >= 0.6 is 0 Å². The molecule has 0 saturated heterocycles. The Morgan fingerprint density at radius 1 is 1.55 bits per heavy atom. The number of rotatable bonds is 4. The minimum absolute atomic E-state index is 0.0942. The van der Waals surface area contributed by atoms with Crippen LogP contribution < -0.4 is 10.6 Å². The quantitative estimate of drug-likeness (QED) is 0.736. The first-order chi connectivity index (χ1) is 9.55. The Kier molecular flexibility index (Phi) is 4.45. The summed E-state index contributed by atoms with van der Waals surface area (Å²) in [6, 6.07) is 7.52. The molecule has 20 heavy (non-hydrogen) atoms.